The lowest BCUT2D eigenvalue weighted by Gasteiger charge is -2.26. The Morgan fingerprint density at radius 2 is 1.60 bits per heavy atom. The van der Waals surface area contributed by atoms with Gasteiger partial charge in [0.2, 0.25) is 5.91 Å². The Bertz CT molecular complexity index is 1600. The number of carbonyl (C=O) groups excluding carboxylic acids is 2. The molecule has 244 valence electrons. The summed E-state index contributed by atoms with van der Waals surface area (Å²) in [7, 11) is 0. The summed E-state index contributed by atoms with van der Waals surface area (Å²) in [6.07, 6.45) is 3.67. The largest absolute Gasteiger partial charge is 0.494 e. The molecular formula is C40H43NO6. The lowest BCUT2D eigenvalue weighted by molar-refractivity contribution is -0.148. The minimum absolute atomic E-state index is 0.247. The van der Waals surface area contributed by atoms with Crippen molar-refractivity contribution < 1.29 is 29.0 Å². The smallest absolute Gasteiger partial charge is 0.307 e. The van der Waals surface area contributed by atoms with Crippen LogP contribution in [0.1, 0.15) is 64.7 Å². The van der Waals surface area contributed by atoms with Gasteiger partial charge in [0.1, 0.15) is 18.1 Å². The molecule has 4 aromatic carbocycles. The minimum atomic E-state index is -0.994. The molecule has 0 spiro atoms. The second kappa shape index (κ2) is 16.6. The molecule has 7 heteroatoms. The Hall–Kier alpha value is -4.91. The Morgan fingerprint density at radius 3 is 2.30 bits per heavy atom. The van der Waals surface area contributed by atoms with Crippen LogP contribution in [0.5, 0.6) is 11.5 Å². The van der Waals surface area contributed by atoms with E-state index in [-0.39, 0.29) is 12.2 Å². The molecule has 0 unspecified atom stereocenters. The molecule has 47 heavy (non-hydrogen) atoms. The summed E-state index contributed by atoms with van der Waals surface area (Å²) in [6, 6.07) is 31.7. The fourth-order valence-corrected chi connectivity index (χ4v) is 6.05. The summed E-state index contributed by atoms with van der Waals surface area (Å²) >= 11 is 0. The minimum Gasteiger partial charge on any atom is -0.494 e. The molecule has 2 N–H and O–H groups in total. The van der Waals surface area contributed by atoms with Crippen molar-refractivity contribution in [3.63, 3.8) is 0 Å². The van der Waals surface area contributed by atoms with Gasteiger partial charge in [0.05, 0.1) is 24.5 Å². The zero-order valence-corrected chi connectivity index (χ0v) is 26.9. The molecule has 0 aromatic heterocycles. The van der Waals surface area contributed by atoms with Gasteiger partial charge in [0.25, 0.3) is 0 Å². The topological polar surface area (TPSA) is 102 Å². The lowest BCUT2D eigenvalue weighted by Crippen LogP contribution is -2.47. The third-order valence-corrected chi connectivity index (χ3v) is 8.80. The number of ether oxygens (including phenoxy) is 2. The van der Waals surface area contributed by atoms with Gasteiger partial charge in [0, 0.05) is 12.0 Å². The van der Waals surface area contributed by atoms with Crippen LogP contribution in [-0.2, 0) is 29.0 Å². The van der Waals surface area contributed by atoms with Crippen LogP contribution in [0.2, 0.25) is 0 Å². The van der Waals surface area contributed by atoms with E-state index in [0.29, 0.717) is 62.4 Å². The van der Waals surface area contributed by atoms with E-state index in [0.717, 1.165) is 23.1 Å². The predicted octanol–water partition coefficient (Wildman–Crippen LogP) is 7.39. The summed E-state index contributed by atoms with van der Waals surface area (Å²) in [5, 5.41) is 13.3. The van der Waals surface area contributed by atoms with Crippen LogP contribution in [0.15, 0.2) is 103 Å². The normalized spacial score (nSPS) is 18.7. The first-order valence-corrected chi connectivity index (χ1v) is 16.5. The van der Waals surface area contributed by atoms with Crippen LogP contribution in [-0.4, -0.2) is 35.4 Å². The molecule has 6 rings (SSSR count). The molecule has 0 fully saturated rings. The van der Waals surface area contributed by atoms with Crippen molar-refractivity contribution in [2.24, 2.45) is 11.8 Å². The maximum absolute atomic E-state index is 14.1. The number of carbonyl (C=O) groups is 3. The second-order valence-electron chi connectivity index (χ2n) is 12.3. The van der Waals surface area contributed by atoms with Gasteiger partial charge in [-0.15, -0.1) is 0 Å². The summed E-state index contributed by atoms with van der Waals surface area (Å²) in [5.41, 5.74) is 4.65. The van der Waals surface area contributed by atoms with Crippen molar-refractivity contribution in [2.45, 2.75) is 64.5 Å². The van der Waals surface area contributed by atoms with Crippen LogP contribution in [0, 0.1) is 18.8 Å². The van der Waals surface area contributed by atoms with E-state index in [4.69, 9.17) is 9.47 Å². The van der Waals surface area contributed by atoms with E-state index < -0.39 is 29.8 Å². The average molecular weight is 634 g/mol. The van der Waals surface area contributed by atoms with E-state index in [1.807, 2.05) is 61.5 Å². The van der Waals surface area contributed by atoms with E-state index in [1.165, 1.54) is 5.56 Å². The van der Waals surface area contributed by atoms with Gasteiger partial charge < -0.3 is 19.9 Å². The van der Waals surface area contributed by atoms with Crippen LogP contribution < -0.4 is 14.8 Å². The molecule has 4 aromatic rings. The van der Waals surface area contributed by atoms with Crippen LogP contribution in [0.4, 0.5) is 0 Å². The molecule has 0 saturated heterocycles. The summed E-state index contributed by atoms with van der Waals surface area (Å²) in [4.78, 5) is 40.6. The molecule has 2 heterocycles. The third-order valence-electron chi connectivity index (χ3n) is 8.80. The first-order chi connectivity index (χ1) is 22.9. The van der Waals surface area contributed by atoms with Crippen molar-refractivity contribution in [3.8, 4) is 11.5 Å². The van der Waals surface area contributed by atoms with Crippen LogP contribution in [0.3, 0.4) is 0 Å². The SMILES string of the molecule is Cc1ccc(CCC[C@H]2C(=O)N[C@H](C(=O)c3ccc(OCc4ccccc4)cc3)Cc3ccc(cc3)OCCCC[C@@H]2C(=O)O)cc1. The quantitative estimate of drug-likeness (QED) is 0.177. The number of Topliss-reactive ketones (excluding diaryl/α,β-unsaturated/α-hetero) is 1. The number of amides is 1. The molecule has 2 aliphatic rings. The van der Waals surface area contributed by atoms with E-state index in [1.54, 1.807) is 24.3 Å². The van der Waals surface area contributed by atoms with Crippen LogP contribution in [0.25, 0.3) is 0 Å². The number of aryl methyl sites for hydroxylation is 2. The van der Waals surface area contributed by atoms with E-state index in [2.05, 4.69) is 29.6 Å². The number of ketones is 1. The van der Waals surface area contributed by atoms with Crippen molar-refractivity contribution in [1.29, 1.82) is 0 Å². The number of hydrogen-bond acceptors (Lipinski definition) is 5. The Labute approximate surface area is 276 Å². The molecule has 2 aliphatic heterocycles. The Balaban J connectivity index is 1.36. The lowest BCUT2D eigenvalue weighted by atomic mass is 9.82. The molecule has 0 radical (unpaired) electrons. The molecule has 7 nitrogen and oxygen atoms in total. The monoisotopic (exact) mass is 633 g/mol. The standard InChI is InChI=1S/C40H43NO6/c1-28-13-15-29(16-14-28)10-7-12-35-36(40(44)45)11-5-6-25-46-33-21-17-30(18-22-33)26-37(41-39(35)43)38(42)32-19-23-34(24-20-32)47-27-31-8-3-2-4-9-31/h2-4,8-9,13-24,35-37H,5-7,10-12,25-27H2,1H3,(H,41,43)(H,44,45)/t35-,36+,37+/m1/s1. The molecule has 0 saturated carbocycles. The highest BCUT2D eigenvalue weighted by Crippen LogP contribution is 2.27. The van der Waals surface area contributed by atoms with Gasteiger partial charge in [-0.25, -0.2) is 0 Å². The van der Waals surface area contributed by atoms with Gasteiger partial charge in [-0.1, -0.05) is 72.3 Å². The number of carboxylic acids is 1. The molecule has 1 amide bonds. The maximum atomic E-state index is 14.1. The summed E-state index contributed by atoms with van der Waals surface area (Å²) in [6.45, 7) is 2.90. The fraction of sp³-hybridized carbons (Fsp3) is 0.325. The Morgan fingerprint density at radius 1 is 0.872 bits per heavy atom. The fourth-order valence-electron chi connectivity index (χ4n) is 6.05. The number of nitrogens with one attached hydrogen (secondary N) is 1. The van der Waals surface area contributed by atoms with Gasteiger partial charge in [-0.2, -0.15) is 0 Å². The number of benzene rings is 4. The van der Waals surface area contributed by atoms with E-state index in [9.17, 15) is 19.5 Å². The summed E-state index contributed by atoms with van der Waals surface area (Å²) in [5.74, 6) is -1.95. The van der Waals surface area contributed by atoms with E-state index >= 15 is 0 Å². The number of rotatable bonds is 10. The van der Waals surface area contributed by atoms with Gasteiger partial charge >= 0.3 is 5.97 Å². The zero-order valence-electron chi connectivity index (χ0n) is 26.9. The maximum Gasteiger partial charge on any atom is 0.307 e. The summed E-state index contributed by atoms with van der Waals surface area (Å²) < 4.78 is 11.8. The molecule has 0 aliphatic carbocycles. The highest BCUT2D eigenvalue weighted by Gasteiger charge is 2.35. The average Bonchev–Trinajstić information content (AvgIpc) is 3.09. The van der Waals surface area contributed by atoms with Gasteiger partial charge in [0.15, 0.2) is 5.78 Å². The molecule has 3 atom stereocenters. The third kappa shape index (κ3) is 9.79. The van der Waals surface area contributed by atoms with Gasteiger partial charge in [-0.3, -0.25) is 14.4 Å². The molecule has 2 bridgehead atoms. The highest BCUT2D eigenvalue weighted by atomic mass is 16.5. The molecular weight excluding hydrogens is 590 g/mol. The number of hydrogen-bond donors (Lipinski definition) is 2. The number of fused-ring (bicyclic) bond motifs is 12. The number of carboxylic acid groups (broad SMARTS) is 1. The van der Waals surface area contributed by atoms with Crippen molar-refractivity contribution >= 4 is 17.7 Å². The Kier molecular flexibility index (Phi) is 11.8. The first-order valence-electron chi connectivity index (χ1n) is 16.5. The second-order valence-corrected chi connectivity index (χ2v) is 12.3. The van der Waals surface area contributed by atoms with Gasteiger partial charge in [-0.05, 0) is 98.5 Å². The van der Waals surface area contributed by atoms with Crippen molar-refractivity contribution in [2.75, 3.05) is 6.61 Å². The zero-order chi connectivity index (χ0) is 33.0. The first kappa shape index (κ1) is 33.5. The highest BCUT2D eigenvalue weighted by molar-refractivity contribution is 6.02. The van der Waals surface area contributed by atoms with Crippen molar-refractivity contribution in [1.82, 2.24) is 5.32 Å². The van der Waals surface area contributed by atoms with Crippen molar-refractivity contribution in [3.05, 3.63) is 131 Å². The van der Waals surface area contributed by atoms with Crippen LogP contribution >= 0.6 is 0 Å². The predicted molar refractivity (Wildman–Crippen MR) is 182 cm³/mol. The number of aliphatic carboxylic acids is 1.